The van der Waals surface area contributed by atoms with E-state index in [9.17, 15) is 0 Å². The first-order chi connectivity index (χ1) is 4.61. The van der Waals surface area contributed by atoms with E-state index in [-0.39, 0.29) is 0 Å². The zero-order valence-corrected chi connectivity index (χ0v) is 8.25. The van der Waals surface area contributed by atoms with Gasteiger partial charge in [-0.2, -0.15) is 0 Å². The molecule has 0 fully saturated rings. The Kier molecular flexibility index (Phi) is 2.37. The van der Waals surface area contributed by atoms with E-state index >= 15 is 0 Å². The van der Waals surface area contributed by atoms with Crippen LogP contribution in [0.3, 0.4) is 0 Å². The molecule has 0 unspecified atom stereocenters. The van der Waals surface area contributed by atoms with Crippen molar-refractivity contribution in [2.75, 3.05) is 0 Å². The Morgan fingerprint density at radius 2 is 1.70 bits per heavy atom. The van der Waals surface area contributed by atoms with Crippen molar-refractivity contribution in [3.8, 4) is 0 Å². The fraction of sp³-hybridized carbons (Fsp3) is 0.250. The van der Waals surface area contributed by atoms with Gasteiger partial charge in [0.15, 0.2) is 0 Å². The van der Waals surface area contributed by atoms with Gasteiger partial charge in [-0.25, -0.2) is 0 Å². The zero-order chi connectivity index (χ0) is 7.72. The van der Waals surface area contributed by atoms with Gasteiger partial charge in [0.1, 0.15) is 0 Å². The molecule has 0 amide bonds. The van der Waals surface area contributed by atoms with Crippen molar-refractivity contribution in [1.29, 1.82) is 0 Å². The summed E-state index contributed by atoms with van der Waals surface area (Å²) < 4.78 is 0.970. The number of rotatable bonds is 0. The Labute approximate surface area is 74.3 Å². The molecular formula is C8H8BrCl. The SMILES string of the molecule is Cc1cc(Cl)c(Br)cc1C. The minimum Gasteiger partial charge on any atom is -0.0831 e. The Morgan fingerprint density at radius 1 is 1.20 bits per heavy atom. The molecule has 10 heavy (non-hydrogen) atoms. The Bertz CT molecular complexity index is 205. The lowest BCUT2D eigenvalue weighted by Crippen LogP contribution is -1.80. The number of halogens is 2. The molecule has 2 heteroatoms. The quantitative estimate of drug-likeness (QED) is 0.624. The van der Waals surface area contributed by atoms with Gasteiger partial charge in [-0.05, 0) is 53.0 Å². The third-order valence-corrected chi connectivity index (χ3v) is 2.73. The standard InChI is InChI=1S/C8H8BrCl/c1-5-3-7(9)8(10)4-6(5)2/h3-4H,1-2H3. The van der Waals surface area contributed by atoms with Gasteiger partial charge in [0, 0.05) is 4.47 Å². The van der Waals surface area contributed by atoms with Gasteiger partial charge in [0.05, 0.1) is 5.02 Å². The molecule has 1 aromatic rings. The molecule has 0 saturated heterocycles. The zero-order valence-electron chi connectivity index (χ0n) is 5.91. The first-order valence-corrected chi connectivity index (χ1v) is 4.20. The van der Waals surface area contributed by atoms with Crippen LogP contribution in [0.25, 0.3) is 0 Å². The van der Waals surface area contributed by atoms with E-state index in [1.165, 1.54) is 11.1 Å². The van der Waals surface area contributed by atoms with E-state index in [2.05, 4.69) is 22.9 Å². The van der Waals surface area contributed by atoms with Gasteiger partial charge >= 0.3 is 0 Å². The normalized spacial score (nSPS) is 10.0. The van der Waals surface area contributed by atoms with Crippen LogP contribution in [0.4, 0.5) is 0 Å². The smallest absolute Gasteiger partial charge is 0.0550 e. The van der Waals surface area contributed by atoms with Gasteiger partial charge in [-0.1, -0.05) is 11.6 Å². The van der Waals surface area contributed by atoms with Crippen molar-refractivity contribution in [3.63, 3.8) is 0 Å². The van der Waals surface area contributed by atoms with E-state index < -0.39 is 0 Å². The summed E-state index contributed by atoms with van der Waals surface area (Å²) >= 11 is 9.19. The highest BCUT2D eigenvalue weighted by molar-refractivity contribution is 9.10. The Balaban J connectivity index is 3.28. The van der Waals surface area contributed by atoms with Crippen LogP contribution in [0.15, 0.2) is 16.6 Å². The van der Waals surface area contributed by atoms with Crippen molar-refractivity contribution in [2.24, 2.45) is 0 Å². The number of aryl methyl sites for hydroxylation is 2. The lowest BCUT2D eigenvalue weighted by atomic mass is 10.1. The lowest BCUT2D eigenvalue weighted by molar-refractivity contribution is 1.33. The predicted octanol–water partition coefficient (Wildman–Crippen LogP) is 3.72. The summed E-state index contributed by atoms with van der Waals surface area (Å²) in [5, 5.41) is 0.781. The molecule has 1 rings (SSSR count). The minimum atomic E-state index is 0.781. The summed E-state index contributed by atoms with van der Waals surface area (Å²) in [6.07, 6.45) is 0. The molecule has 1 aromatic carbocycles. The van der Waals surface area contributed by atoms with Gasteiger partial charge in [0.2, 0.25) is 0 Å². The topological polar surface area (TPSA) is 0 Å². The van der Waals surface area contributed by atoms with Crippen LogP contribution in [0.1, 0.15) is 11.1 Å². The van der Waals surface area contributed by atoms with Crippen molar-refractivity contribution in [1.82, 2.24) is 0 Å². The van der Waals surface area contributed by atoms with Crippen molar-refractivity contribution in [3.05, 3.63) is 32.8 Å². The highest BCUT2D eigenvalue weighted by atomic mass is 79.9. The van der Waals surface area contributed by atoms with Crippen molar-refractivity contribution >= 4 is 27.5 Å². The predicted molar refractivity (Wildman–Crippen MR) is 48.6 cm³/mol. The maximum atomic E-state index is 5.84. The molecule has 0 aliphatic rings. The van der Waals surface area contributed by atoms with Crippen LogP contribution >= 0.6 is 27.5 Å². The number of benzene rings is 1. The molecule has 0 aliphatic heterocycles. The summed E-state index contributed by atoms with van der Waals surface area (Å²) in [4.78, 5) is 0. The first kappa shape index (κ1) is 8.09. The second-order valence-corrected chi connectivity index (χ2v) is 3.61. The molecule has 0 heterocycles. The lowest BCUT2D eigenvalue weighted by Gasteiger charge is -2.01. The summed E-state index contributed by atoms with van der Waals surface area (Å²) in [5.74, 6) is 0. The second kappa shape index (κ2) is 2.93. The number of hydrogen-bond acceptors (Lipinski definition) is 0. The Morgan fingerprint density at radius 3 is 2.20 bits per heavy atom. The largest absolute Gasteiger partial charge is 0.0831 e. The third kappa shape index (κ3) is 1.53. The van der Waals surface area contributed by atoms with E-state index in [4.69, 9.17) is 11.6 Å². The van der Waals surface area contributed by atoms with Crippen LogP contribution in [0.2, 0.25) is 5.02 Å². The second-order valence-electron chi connectivity index (χ2n) is 2.35. The fourth-order valence-corrected chi connectivity index (χ4v) is 1.42. The summed E-state index contributed by atoms with van der Waals surface area (Å²) in [6, 6.07) is 3.98. The molecule has 0 N–H and O–H groups in total. The third-order valence-electron chi connectivity index (χ3n) is 1.54. The minimum absolute atomic E-state index is 0.781. The maximum absolute atomic E-state index is 5.84. The molecule has 0 radical (unpaired) electrons. The fourth-order valence-electron chi connectivity index (χ4n) is 0.746. The van der Waals surface area contributed by atoms with Gasteiger partial charge in [-0.15, -0.1) is 0 Å². The summed E-state index contributed by atoms with van der Waals surface area (Å²) in [6.45, 7) is 4.12. The Hall–Kier alpha value is -0.0100. The summed E-state index contributed by atoms with van der Waals surface area (Å²) in [7, 11) is 0. The average Bonchev–Trinajstić information content (AvgIpc) is 1.84. The molecule has 0 bridgehead atoms. The first-order valence-electron chi connectivity index (χ1n) is 3.03. The molecule has 0 aliphatic carbocycles. The molecular weight excluding hydrogens is 211 g/mol. The van der Waals surface area contributed by atoms with Crippen molar-refractivity contribution < 1.29 is 0 Å². The summed E-state index contributed by atoms with van der Waals surface area (Å²) in [5.41, 5.74) is 2.49. The van der Waals surface area contributed by atoms with Crippen LogP contribution in [0.5, 0.6) is 0 Å². The van der Waals surface area contributed by atoms with Crippen LogP contribution in [-0.4, -0.2) is 0 Å². The van der Waals surface area contributed by atoms with Gasteiger partial charge in [-0.3, -0.25) is 0 Å². The van der Waals surface area contributed by atoms with Gasteiger partial charge in [0.25, 0.3) is 0 Å². The molecule has 0 aromatic heterocycles. The van der Waals surface area contributed by atoms with E-state index in [0.29, 0.717) is 0 Å². The highest BCUT2D eigenvalue weighted by Gasteiger charge is 1.98. The highest BCUT2D eigenvalue weighted by Crippen LogP contribution is 2.25. The van der Waals surface area contributed by atoms with Gasteiger partial charge < -0.3 is 0 Å². The number of hydrogen-bond donors (Lipinski definition) is 0. The van der Waals surface area contributed by atoms with E-state index in [1.807, 2.05) is 19.1 Å². The molecule has 0 atom stereocenters. The van der Waals surface area contributed by atoms with Crippen molar-refractivity contribution in [2.45, 2.75) is 13.8 Å². The monoisotopic (exact) mass is 218 g/mol. The molecule has 0 spiro atoms. The molecule has 0 nitrogen and oxygen atoms in total. The molecule has 0 saturated carbocycles. The van der Waals surface area contributed by atoms with Crippen LogP contribution in [-0.2, 0) is 0 Å². The van der Waals surface area contributed by atoms with E-state index in [0.717, 1.165) is 9.50 Å². The van der Waals surface area contributed by atoms with E-state index in [1.54, 1.807) is 0 Å². The average molecular weight is 220 g/mol. The maximum Gasteiger partial charge on any atom is 0.0550 e. The molecule has 54 valence electrons. The van der Waals surface area contributed by atoms with Crippen LogP contribution < -0.4 is 0 Å². The van der Waals surface area contributed by atoms with Crippen LogP contribution in [0, 0.1) is 13.8 Å².